The van der Waals surface area contributed by atoms with E-state index in [9.17, 15) is 13.2 Å². The molecule has 0 bridgehead atoms. The number of rotatable bonds is 7. The molecule has 0 saturated heterocycles. The zero-order valence-corrected chi connectivity index (χ0v) is 15.5. The lowest BCUT2D eigenvalue weighted by Crippen LogP contribution is -2.13. The van der Waals surface area contributed by atoms with Gasteiger partial charge in [0, 0.05) is 11.3 Å². The van der Waals surface area contributed by atoms with Crippen molar-refractivity contribution in [1.82, 2.24) is 10.1 Å². The zero-order valence-electron chi connectivity index (χ0n) is 14.7. The molecule has 0 aliphatic carbocycles. The summed E-state index contributed by atoms with van der Waals surface area (Å²) in [6, 6.07) is 12.2. The van der Waals surface area contributed by atoms with E-state index >= 15 is 0 Å². The van der Waals surface area contributed by atoms with Crippen molar-refractivity contribution in [2.24, 2.45) is 0 Å². The number of ketones is 1. The van der Waals surface area contributed by atoms with Crippen LogP contribution in [0.4, 0.5) is 5.69 Å². The summed E-state index contributed by atoms with van der Waals surface area (Å²) in [6.45, 7) is 3.25. The summed E-state index contributed by atoms with van der Waals surface area (Å²) >= 11 is 0. The van der Waals surface area contributed by atoms with Crippen molar-refractivity contribution in [1.29, 1.82) is 0 Å². The third kappa shape index (κ3) is 4.70. The van der Waals surface area contributed by atoms with E-state index in [0.717, 1.165) is 0 Å². The van der Waals surface area contributed by atoms with Crippen LogP contribution in [-0.4, -0.2) is 24.3 Å². The Kier molecular flexibility index (Phi) is 5.22. The quantitative estimate of drug-likeness (QED) is 0.620. The molecule has 0 aliphatic rings. The van der Waals surface area contributed by atoms with Gasteiger partial charge in [-0.2, -0.15) is 4.98 Å². The van der Waals surface area contributed by atoms with Crippen LogP contribution in [0.25, 0.3) is 0 Å². The maximum Gasteiger partial charge on any atom is 0.264 e. The Labute approximate surface area is 156 Å². The predicted molar refractivity (Wildman–Crippen MR) is 97.1 cm³/mol. The largest absolute Gasteiger partial charge is 0.484 e. The van der Waals surface area contributed by atoms with Crippen LogP contribution >= 0.6 is 0 Å². The summed E-state index contributed by atoms with van der Waals surface area (Å²) in [7, 11) is -3.76. The fraction of sp³-hybridized carbons (Fsp3) is 0.167. The summed E-state index contributed by atoms with van der Waals surface area (Å²) < 4.78 is 37.8. The molecule has 0 saturated carbocycles. The molecular weight excluding hydrogens is 370 g/mol. The summed E-state index contributed by atoms with van der Waals surface area (Å²) in [5, 5.41) is 3.67. The van der Waals surface area contributed by atoms with E-state index < -0.39 is 10.0 Å². The Morgan fingerprint density at radius 1 is 1.11 bits per heavy atom. The van der Waals surface area contributed by atoms with Gasteiger partial charge in [0.05, 0.1) is 4.90 Å². The standard InChI is InChI=1S/C18H17N3O5S/c1-12(22)14-3-9-17(10-4-14)27(23,24)21-15-5-7-16(8-6-15)25-11-18-19-13(2)20-26-18/h3-10,21H,11H2,1-2H3. The molecule has 0 spiro atoms. The number of hydrogen-bond donors (Lipinski definition) is 1. The highest BCUT2D eigenvalue weighted by atomic mass is 32.2. The Bertz CT molecular complexity index is 1040. The smallest absolute Gasteiger partial charge is 0.264 e. The van der Waals surface area contributed by atoms with Crippen LogP contribution in [0.5, 0.6) is 5.75 Å². The molecule has 1 N–H and O–H groups in total. The summed E-state index contributed by atoms with van der Waals surface area (Å²) in [5.41, 5.74) is 0.832. The maximum atomic E-state index is 12.4. The van der Waals surface area contributed by atoms with E-state index in [-0.39, 0.29) is 17.3 Å². The maximum absolute atomic E-state index is 12.4. The van der Waals surface area contributed by atoms with Gasteiger partial charge < -0.3 is 9.26 Å². The number of anilines is 1. The minimum atomic E-state index is -3.76. The van der Waals surface area contributed by atoms with Gasteiger partial charge >= 0.3 is 0 Å². The molecule has 0 atom stereocenters. The molecule has 2 aromatic carbocycles. The van der Waals surface area contributed by atoms with Crippen molar-refractivity contribution >= 4 is 21.5 Å². The molecular formula is C18H17N3O5S. The number of nitrogens with one attached hydrogen (secondary N) is 1. The molecule has 0 amide bonds. The minimum absolute atomic E-state index is 0.0691. The van der Waals surface area contributed by atoms with Gasteiger partial charge in [-0.25, -0.2) is 8.42 Å². The minimum Gasteiger partial charge on any atom is -0.484 e. The topological polar surface area (TPSA) is 111 Å². The number of benzene rings is 2. The summed E-state index contributed by atoms with van der Waals surface area (Å²) in [4.78, 5) is 15.4. The van der Waals surface area contributed by atoms with Crippen LogP contribution in [0.3, 0.4) is 0 Å². The second-order valence-corrected chi connectivity index (χ2v) is 7.42. The number of ether oxygens (including phenoxy) is 1. The molecule has 1 heterocycles. The van der Waals surface area contributed by atoms with E-state index in [0.29, 0.717) is 28.7 Å². The van der Waals surface area contributed by atoms with Crippen LogP contribution in [-0.2, 0) is 16.6 Å². The third-order valence-corrected chi connectivity index (χ3v) is 5.01. The first-order valence-electron chi connectivity index (χ1n) is 7.99. The van der Waals surface area contributed by atoms with Gasteiger partial charge in [0.15, 0.2) is 18.2 Å². The average molecular weight is 387 g/mol. The Morgan fingerprint density at radius 2 is 1.78 bits per heavy atom. The van der Waals surface area contributed by atoms with Crippen molar-refractivity contribution < 1.29 is 22.5 Å². The van der Waals surface area contributed by atoms with E-state index in [1.54, 1.807) is 31.2 Å². The second-order valence-electron chi connectivity index (χ2n) is 5.73. The van der Waals surface area contributed by atoms with Crippen molar-refractivity contribution in [3.05, 3.63) is 65.8 Å². The molecule has 1 aromatic heterocycles. The fourth-order valence-electron chi connectivity index (χ4n) is 2.25. The van der Waals surface area contributed by atoms with E-state index in [4.69, 9.17) is 9.26 Å². The highest BCUT2D eigenvalue weighted by molar-refractivity contribution is 7.92. The van der Waals surface area contributed by atoms with Crippen molar-refractivity contribution in [2.45, 2.75) is 25.3 Å². The van der Waals surface area contributed by atoms with Crippen LogP contribution < -0.4 is 9.46 Å². The van der Waals surface area contributed by atoms with Crippen LogP contribution in [0, 0.1) is 6.92 Å². The molecule has 140 valence electrons. The van der Waals surface area contributed by atoms with Crippen molar-refractivity contribution in [3.63, 3.8) is 0 Å². The molecule has 0 fully saturated rings. The summed E-state index contributed by atoms with van der Waals surface area (Å²) in [5.74, 6) is 1.28. The third-order valence-electron chi connectivity index (χ3n) is 3.61. The normalized spacial score (nSPS) is 11.2. The number of nitrogens with zero attached hydrogens (tertiary/aromatic N) is 2. The Balaban J connectivity index is 1.65. The SMILES string of the molecule is CC(=O)c1ccc(S(=O)(=O)Nc2ccc(OCc3nc(C)no3)cc2)cc1. The molecule has 27 heavy (non-hydrogen) atoms. The lowest BCUT2D eigenvalue weighted by Gasteiger charge is -2.09. The lowest BCUT2D eigenvalue weighted by molar-refractivity contribution is 0.101. The summed E-state index contributed by atoms with van der Waals surface area (Å²) in [6.07, 6.45) is 0. The van der Waals surface area contributed by atoms with Gasteiger partial charge in [-0.3, -0.25) is 9.52 Å². The molecule has 8 nitrogen and oxygen atoms in total. The Hall–Kier alpha value is -3.20. The zero-order chi connectivity index (χ0) is 19.4. The second kappa shape index (κ2) is 7.58. The van der Waals surface area contributed by atoms with E-state index in [1.165, 1.54) is 31.2 Å². The van der Waals surface area contributed by atoms with E-state index in [1.807, 2.05) is 0 Å². The van der Waals surface area contributed by atoms with Crippen molar-refractivity contribution in [3.8, 4) is 5.75 Å². The number of Topliss-reactive ketones (excluding diaryl/α,β-unsaturated/α-hetero) is 1. The predicted octanol–water partition coefficient (Wildman–Crippen LogP) is 2.96. The average Bonchev–Trinajstić information content (AvgIpc) is 3.06. The first-order chi connectivity index (χ1) is 12.8. The molecule has 3 aromatic rings. The Morgan fingerprint density at radius 3 is 2.33 bits per heavy atom. The molecule has 0 radical (unpaired) electrons. The molecule has 0 aliphatic heterocycles. The van der Waals surface area contributed by atoms with E-state index in [2.05, 4.69) is 14.9 Å². The van der Waals surface area contributed by atoms with Crippen molar-refractivity contribution in [2.75, 3.05) is 4.72 Å². The van der Waals surface area contributed by atoms with Gasteiger partial charge in [0.2, 0.25) is 0 Å². The molecule has 3 rings (SSSR count). The molecule has 0 unspecified atom stereocenters. The number of hydrogen-bond acceptors (Lipinski definition) is 7. The fourth-order valence-corrected chi connectivity index (χ4v) is 3.30. The highest BCUT2D eigenvalue weighted by Gasteiger charge is 2.14. The lowest BCUT2D eigenvalue weighted by atomic mass is 10.2. The number of aryl methyl sites for hydroxylation is 1. The monoisotopic (exact) mass is 387 g/mol. The number of carbonyl (C=O) groups is 1. The highest BCUT2D eigenvalue weighted by Crippen LogP contribution is 2.20. The number of carbonyl (C=O) groups excluding carboxylic acids is 1. The van der Waals surface area contributed by atoms with Crippen LogP contribution in [0.15, 0.2) is 57.9 Å². The number of aromatic nitrogens is 2. The van der Waals surface area contributed by atoms with Crippen LogP contribution in [0.2, 0.25) is 0 Å². The van der Waals surface area contributed by atoms with Gasteiger partial charge in [-0.05, 0) is 50.2 Å². The first-order valence-corrected chi connectivity index (χ1v) is 9.48. The van der Waals surface area contributed by atoms with Crippen LogP contribution in [0.1, 0.15) is 29.0 Å². The first kappa shape index (κ1) is 18.6. The molecule has 9 heteroatoms. The van der Waals surface area contributed by atoms with Gasteiger partial charge in [-0.1, -0.05) is 17.3 Å². The van der Waals surface area contributed by atoms with Gasteiger partial charge in [0.1, 0.15) is 5.75 Å². The number of sulfonamides is 1. The van der Waals surface area contributed by atoms with Gasteiger partial charge in [0.25, 0.3) is 15.9 Å². The van der Waals surface area contributed by atoms with Gasteiger partial charge in [-0.15, -0.1) is 0 Å².